The molecule has 0 unspecified atom stereocenters. The maximum atomic E-state index is 13.3. The third kappa shape index (κ3) is 3.75. The third-order valence-corrected chi connectivity index (χ3v) is 3.43. The Labute approximate surface area is 114 Å². The molecule has 1 aromatic carbocycles. The van der Waals surface area contributed by atoms with Gasteiger partial charge in [-0.1, -0.05) is 6.07 Å². The summed E-state index contributed by atoms with van der Waals surface area (Å²) >= 11 is 1.53. The zero-order valence-corrected chi connectivity index (χ0v) is 11.5. The monoisotopic (exact) mass is 279 g/mol. The van der Waals surface area contributed by atoms with E-state index in [0.717, 1.165) is 9.88 Å². The van der Waals surface area contributed by atoms with Gasteiger partial charge in [-0.2, -0.15) is 0 Å². The maximum Gasteiger partial charge on any atom is 0.319 e. The molecule has 0 aliphatic rings. The summed E-state index contributed by atoms with van der Waals surface area (Å²) in [5.41, 5.74) is 0.979. The van der Waals surface area contributed by atoms with Gasteiger partial charge < -0.3 is 10.6 Å². The summed E-state index contributed by atoms with van der Waals surface area (Å²) in [4.78, 5) is 16.7. The lowest BCUT2D eigenvalue weighted by atomic mass is 10.2. The highest BCUT2D eigenvalue weighted by Gasteiger charge is 2.05. The molecule has 2 rings (SSSR count). The summed E-state index contributed by atoms with van der Waals surface area (Å²) in [5.74, 6) is -0.337. The minimum atomic E-state index is -0.366. The second-order valence-corrected chi connectivity index (χ2v) is 5.44. The van der Waals surface area contributed by atoms with E-state index in [1.807, 2.05) is 6.92 Å². The Bertz CT molecular complexity index is 597. The van der Waals surface area contributed by atoms with E-state index >= 15 is 0 Å². The summed E-state index contributed by atoms with van der Waals surface area (Å²) in [6.45, 7) is 3.99. The van der Waals surface area contributed by atoms with Crippen LogP contribution in [0.25, 0.3) is 0 Å². The molecule has 100 valence electrons. The Kier molecular flexibility index (Phi) is 4.11. The molecule has 0 saturated carbocycles. The Morgan fingerprint density at radius 3 is 2.84 bits per heavy atom. The molecule has 0 saturated heterocycles. The summed E-state index contributed by atoms with van der Waals surface area (Å²) in [5, 5.41) is 6.23. The van der Waals surface area contributed by atoms with Crippen molar-refractivity contribution < 1.29 is 9.18 Å². The molecule has 2 aromatic rings. The number of anilines is 1. The van der Waals surface area contributed by atoms with E-state index < -0.39 is 0 Å². The van der Waals surface area contributed by atoms with Gasteiger partial charge in [0.15, 0.2) is 0 Å². The molecule has 19 heavy (non-hydrogen) atoms. The third-order valence-electron chi connectivity index (χ3n) is 2.52. The number of carbonyl (C=O) groups excluding carboxylic acids is 1. The topological polar surface area (TPSA) is 54.0 Å². The van der Waals surface area contributed by atoms with Crippen LogP contribution < -0.4 is 10.6 Å². The molecule has 1 aromatic heterocycles. The molecular formula is C13H14FN3OS. The van der Waals surface area contributed by atoms with E-state index in [1.54, 1.807) is 25.3 Å². The van der Waals surface area contributed by atoms with E-state index in [2.05, 4.69) is 15.6 Å². The van der Waals surface area contributed by atoms with Gasteiger partial charge in [0.05, 0.1) is 11.6 Å². The molecule has 1 heterocycles. The SMILES string of the molecule is Cc1ncc(CNC(=O)Nc2ccc(C)c(F)c2)s1. The highest BCUT2D eigenvalue weighted by Crippen LogP contribution is 2.14. The van der Waals surface area contributed by atoms with Gasteiger partial charge in [-0.05, 0) is 31.5 Å². The number of nitrogens with one attached hydrogen (secondary N) is 2. The summed E-state index contributed by atoms with van der Waals surface area (Å²) in [6, 6.07) is 4.22. The number of hydrogen-bond donors (Lipinski definition) is 2. The molecule has 0 aliphatic carbocycles. The second-order valence-electron chi connectivity index (χ2n) is 4.12. The van der Waals surface area contributed by atoms with Crippen molar-refractivity contribution in [3.63, 3.8) is 0 Å². The van der Waals surface area contributed by atoms with Crippen LogP contribution in [0.1, 0.15) is 15.4 Å². The van der Waals surface area contributed by atoms with Crippen LogP contribution in [0, 0.1) is 19.7 Å². The lowest BCUT2D eigenvalue weighted by Gasteiger charge is -2.07. The van der Waals surface area contributed by atoms with E-state index in [1.165, 1.54) is 17.4 Å². The molecule has 0 bridgehead atoms. The number of carbonyl (C=O) groups is 1. The molecule has 4 nitrogen and oxygen atoms in total. The first-order valence-electron chi connectivity index (χ1n) is 5.77. The second kappa shape index (κ2) is 5.79. The average molecular weight is 279 g/mol. The standard InChI is InChI=1S/C13H14FN3OS/c1-8-3-4-10(5-12(8)14)17-13(18)16-7-11-6-15-9(2)19-11/h3-6H,7H2,1-2H3,(H2,16,17,18). The lowest BCUT2D eigenvalue weighted by Crippen LogP contribution is -2.27. The molecule has 0 atom stereocenters. The summed E-state index contributed by atoms with van der Waals surface area (Å²) in [7, 11) is 0. The largest absolute Gasteiger partial charge is 0.333 e. The van der Waals surface area contributed by atoms with Crippen LogP contribution in [-0.2, 0) is 6.54 Å². The fourth-order valence-electron chi connectivity index (χ4n) is 1.50. The lowest BCUT2D eigenvalue weighted by molar-refractivity contribution is 0.252. The number of aromatic nitrogens is 1. The highest BCUT2D eigenvalue weighted by atomic mass is 32.1. The fourth-order valence-corrected chi connectivity index (χ4v) is 2.23. The summed E-state index contributed by atoms with van der Waals surface area (Å²) in [6.07, 6.45) is 1.73. The van der Waals surface area contributed by atoms with Gasteiger partial charge in [-0.15, -0.1) is 11.3 Å². The first-order valence-corrected chi connectivity index (χ1v) is 6.58. The number of halogens is 1. The number of urea groups is 1. The molecule has 2 N–H and O–H groups in total. The minimum Gasteiger partial charge on any atom is -0.333 e. The Morgan fingerprint density at radius 2 is 2.21 bits per heavy atom. The highest BCUT2D eigenvalue weighted by molar-refractivity contribution is 7.11. The van der Waals surface area contributed by atoms with Crippen molar-refractivity contribution in [3.8, 4) is 0 Å². The predicted octanol–water partition coefficient (Wildman–Crippen LogP) is 3.22. The molecular weight excluding hydrogens is 265 g/mol. The van der Waals surface area contributed by atoms with Crippen LogP contribution in [-0.4, -0.2) is 11.0 Å². The number of amides is 2. The van der Waals surface area contributed by atoms with Gasteiger partial charge in [0.2, 0.25) is 0 Å². The van der Waals surface area contributed by atoms with Crippen molar-refractivity contribution in [2.75, 3.05) is 5.32 Å². The number of aryl methyl sites for hydroxylation is 2. The van der Waals surface area contributed by atoms with E-state index in [9.17, 15) is 9.18 Å². The zero-order chi connectivity index (χ0) is 13.8. The van der Waals surface area contributed by atoms with Crippen molar-refractivity contribution in [2.45, 2.75) is 20.4 Å². The van der Waals surface area contributed by atoms with Crippen LogP contribution in [0.3, 0.4) is 0 Å². The van der Waals surface area contributed by atoms with E-state index in [4.69, 9.17) is 0 Å². The molecule has 0 aliphatic heterocycles. The van der Waals surface area contributed by atoms with Crippen molar-refractivity contribution in [1.29, 1.82) is 0 Å². The van der Waals surface area contributed by atoms with Crippen molar-refractivity contribution >= 4 is 23.1 Å². The summed E-state index contributed by atoms with van der Waals surface area (Å²) < 4.78 is 13.3. The molecule has 0 fully saturated rings. The quantitative estimate of drug-likeness (QED) is 0.906. The predicted molar refractivity (Wildman–Crippen MR) is 73.8 cm³/mol. The minimum absolute atomic E-state index is 0.337. The van der Waals surface area contributed by atoms with Gasteiger partial charge in [-0.3, -0.25) is 0 Å². The van der Waals surface area contributed by atoms with Crippen LogP contribution >= 0.6 is 11.3 Å². The number of nitrogens with zero attached hydrogens (tertiary/aromatic N) is 1. The number of rotatable bonds is 3. The first-order chi connectivity index (χ1) is 9.04. The van der Waals surface area contributed by atoms with E-state index in [0.29, 0.717) is 17.8 Å². The van der Waals surface area contributed by atoms with Crippen molar-refractivity contribution in [1.82, 2.24) is 10.3 Å². The van der Waals surface area contributed by atoms with Gasteiger partial charge in [0, 0.05) is 16.8 Å². The normalized spacial score (nSPS) is 10.3. The van der Waals surface area contributed by atoms with Crippen molar-refractivity contribution in [3.05, 3.63) is 45.7 Å². The van der Waals surface area contributed by atoms with Gasteiger partial charge in [-0.25, -0.2) is 14.2 Å². The van der Waals surface area contributed by atoms with Gasteiger partial charge in [0.1, 0.15) is 5.82 Å². The Morgan fingerprint density at radius 1 is 1.42 bits per heavy atom. The van der Waals surface area contributed by atoms with Crippen LogP contribution in [0.15, 0.2) is 24.4 Å². The maximum absolute atomic E-state index is 13.3. The number of benzene rings is 1. The Hall–Kier alpha value is -1.95. The van der Waals surface area contributed by atoms with Crippen LogP contribution in [0.4, 0.5) is 14.9 Å². The molecule has 6 heteroatoms. The van der Waals surface area contributed by atoms with Crippen LogP contribution in [0.5, 0.6) is 0 Å². The smallest absolute Gasteiger partial charge is 0.319 e. The average Bonchev–Trinajstić information content (AvgIpc) is 2.77. The fraction of sp³-hybridized carbons (Fsp3) is 0.231. The molecule has 0 radical (unpaired) electrons. The van der Waals surface area contributed by atoms with Crippen molar-refractivity contribution in [2.24, 2.45) is 0 Å². The number of hydrogen-bond acceptors (Lipinski definition) is 3. The van der Waals surface area contributed by atoms with Gasteiger partial charge >= 0.3 is 6.03 Å². The molecule has 2 amide bonds. The Balaban J connectivity index is 1.88. The van der Waals surface area contributed by atoms with Crippen LogP contribution in [0.2, 0.25) is 0 Å². The van der Waals surface area contributed by atoms with E-state index in [-0.39, 0.29) is 11.8 Å². The number of thiazole rings is 1. The molecule has 0 spiro atoms. The zero-order valence-electron chi connectivity index (χ0n) is 10.7. The van der Waals surface area contributed by atoms with Gasteiger partial charge in [0.25, 0.3) is 0 Å². The first kappa shape index (κ1) is 13.5.